The molecule has 0 saturated heterocycles. The number of hydrogen-bond donors (Lipinski definition) is 0. The van der Waals surface area contributed by atoms with Crippen LogP contribution in [-0.2, 0) is 26.4 Å². The van der Waals surface area contributed by atoms with E-state index in [9.17, 15) is 4.79 Å². The van der Waals surface area contributed by atoms with Crippen LogP contribution in [0.15, 0.2) is 17.8 Å². The summed E-state index contributed by atoms with van der Waals surface area (Å²) in [6.07, 6.45) is 8.31. The first-order chi connectivity index (χ1) is 13.1. The van der Waals surface area contributed by atoms with Gasteiger partial charge in [-0.25, -0.2) is 0 Å². The molecule has 0 aromatic carbocycles. The van der Waals surface area contributed by atoms with Gasteiger partial charge in [-0.15, -0.1) is 21.5 Å². The molecule has 8 heteroatoms. The first kappa shape index (κ1) is 16.7. The number of carbonyl (C=O) groups excluding carboxylic acids is 1. The molecule has 27 heavy (non-hydrogen) atoms. The zero-order chi connectivity index (χ0) is 18.5. The summed E-state index contributed by atoms with van der Waals surface area (Å²) in [6, 6.07) is 0.124. The van der Waals surface area contributed by atoms with E-state index in [1.54, 1.807) is 22.2 Å². The summed E-state index contributed by atoms with van der Waals surface area (Å²) in [5.74, 6) is 1.81. The van der Waals surface area contributed by atoms with Gasteiger partial charge in [-0.3, -0.25) is 9.48 Å². The average molecular weight is 382 g/mol. The van der Waals surface area contributed by atoms with Crippen molar-refractivity contribution in [2.24, 2.45) is 7.05 Å². The Morgan fingerprint density at radius 1 is 1.26 bits per heavy atom. The summed E-state index contributed by atoms with van der Waals surface area (Å²) in [4.78, 5) is 16.1. The van der Waals surface area contributed by atoms with E-state index >= 15 is 0 Å². The lowest BCUT2D eigenvalue weighted by atomic mass is 9.93. The summed E-state index contributed by atoms with van der Waals surface area (Å²) in [5.41, 5.74) is 3.61. The first-order valence-electron chi connectivity index (χ1n) is 9.43. The van der Waals surface area contributed by atoms with Gasteiger partial charge in [0.15, 0.2) is 11.6 Å². The van der Waals surface area contributed by atoms with E-state index in [1.807, 2.05) is 18.1 Å². The molecule has 140 valence electrons. The molecule has 1 atom stereocenters. The highest BCUT2D eigenvalue weighted by Gasteiger charge is 2.32. The summed E-state index contributed by atoms with van der Waals surface area (Å²) >= 11 is 1.61. The number of nitrogens with zero attached hydrogens (tertiary/aromatic N) is 6. The Bertz CT molecular complexity index is 1020. The normalized spacial score (nSPS) is 19.0. The molecule has 1 amide bonds. The number of aryl methyl sites for hydroxylation is 2. The maximum atomic E-state index is 13.2. The molecule has 1 aliphatic carbocycles. The maximum Gasteiger partial charge on any atom is 0.264 e. The molecule has 3 aromatic heterocycles. The lowest BCUT2D eigenvalue weighted by molar-refractivity contribution is 0.0686. The van der Waals surface area contributed by atoms with Crippen molar-refractivity contribution in [1.82, 2.24) is 29.4 Å². The minimum absolute atomic E-state index is 0.124. The highest BCUT2D eigenvalue weighted by atomic mass is 32.1. The number of rotatable bonds is 2. The Labute approximate surface area is 161 Å². The van der Waals surface area contributed by atoms with Crippen molar-refractivity contribution in [3.63, 3.8) is 0 Å². The number of hydrogen-bond acceptors (Lipinski definition) is 5. The highest BCUT2D eigenvalue weighted by molar-refractivity contribution is 7.12. The minimum atomic E-state index is 0.124. The Hall–Kier alpha value is -2.48. The molecule has 0 bridgehead atoms. The monoisotopic (exact) mass is 382 g/mol. The number of carbonyl (C=O) groups is 1. The molecule has 0 spiro atoms. The van der Waals surface area contributed by atoms with Gasteiger partial charge in [-0.1, -0.05) is 0 Å². The van der Waals surface area contributed by atoms with Crippen LogP contribution in [-0.4, -0.2) is 41.9 Å². The standard InChI is InChI=1S/C19H22N6OS/c1-12-8-24(19(26)17-15-6-4-3-5-13(15)11-27-17)10-16-21-22-18(25(12)16)14-7-20-23(2)9-14/h7,9,11-12H,3-6,8,10H2,1-2H3/t12-/m0/s1. The van der Waals surface area contributed by atoms with E-state index in [-0.39, 0.29) is 11.9 Å². The van der Waals surface area contributed by atoms with Gasteiger partial charge < -0.3 is 9.47 Å². The molecular formula is C19H22N6OS. The lowest BCUT2D eigenvalue weighted by Gasteiger charge is -2.32. The van der Waals surface area contributed by atoms with Crippen LogP contribution in [0.3, 0.4) is 0 Å². The summed E-state index contributed by atoms with van der Waals surface area (Å²) < 4.78 is 3.91. The first-order valence-corrected chi connectivity index (χ1v) is 10.3. The molecule has 0 N–H and O–H groups in total. The molecule has 3 aromatic rings. The number of thiophene rings is 1. The van der Waals surface area contributed by atoms with Crippen LogP contribution in [0, 0.1) is 0 Å². The van der Waals surface area contributed by atoms with Gasteiger partial charge in [-0.2, -0.15) is 5.10 Å². The van der Waals surface area contributed by atoms with Crippen LogP contribution >= 0.6 is 11.3 Å². The fourth-order valence-corrected chi connectivity index (χ4v) is 5.39. The van der Waals surface area contributed by atoms with Crippen molar-refractivity contribution in [1.29, 1.82) is 0 Å². The molecule has 0 unspecified atom stereocenters. The highest BCUT2D eigenvalue weighted by Crippen LogP contribution is 2.33. The average Bonchev–Trinajstić information content (AvgIpc) is 3.38. The van der Waals surface area contributed by atoms with Crippen LogP contribution < -0.4 is 0 Å². The Kier molecular flexibility index (Phi) is 3.89. The Morgan fingerprint density at radius 3 is 2.93 bits per heavy atom. The molecular weight excluding hydrogens is 360 g/mol. The van der Waals surface area contributed by atoms with Crippen molar-refractivity contribution in [3.8, 4) is 11.4 Å². The molecule has 0 fully saturated rings. The van der Waals surface area contributed by atoms with Gasteiger partial charge in [-0.05, 0) is 49.1 Å². The lowest BCUT2D eigenvalue weighted by Crippen LogP contribution is -2.40. The van der Waals surface area contributed by atoms with Crippen molar-refractivity contribution in [3.05, 3.63) is 39.6 Å². The predicted molar refractivity (Wildman–Crippen MR) is 103 cm³/mol. The van der Waals surface area contributed by atoms with Crippen LogP contribution in [0.1, 0.15) is 52.4 Å². The van der Waals surface area contributed by atoms with E-state index in [0.717, 1.165) is 34.9 Å². The van der Waals surface area contributed by atoms with Gasteiger partial charge in [0.2, 0.25) is 0 Å². The van der Waals surface area contributed by atoms with Gasteiger partial charge in [0.1, 0.15) is 0 Å². The summed E-state index contributed by atoms with van der Waals surface area (Å²) in [5, 5.41) is 15.2. The molecule has 5 rings (SSSR count). The fourth-order valence-electron chi connectivity index (χ4n) is 4.26. The van der Waals surface area contributed by atoms with Crippen LogP contribution in [0.5, 0.6) is 0 Å². The third-order valence-corrected chi connectivity index (χ3v) is 6.63. The largest absolute Gasteiger partial charge is 0.328 e. The SMILES string of the molecule is C[C@H]1CN(C(=O)c2scc3c2CCCC3)Cc2nnc(-c3cnn(C)c3)n21. The van der Waals surface area contributed by atoms with Crippen molar-refractivity contribution >= 4 is 17.2 Å². The van der Waals surface area contributed by atoms with Crippen LogP contribution in [0.25, 0.3) is 11.4 Å². The third-order valence-electron chi connectivity index (χ3n) is 5.57. The second-order valence-electron chi connectivity index (χ2n) is 7.52. The zero-order valence-corrected chi connectivity index (χ0v) is 16.4. The van der Waals surface area contributed by atoms with E-state index in [0.29, 0.717) is 13.1 Å². The van der Waals surface area contributed by atoms with Crippen molar-refractivity contribution in [2.45, 2.75) is 45.2 Å². The van der Waals surface area contributed by atoms with E-state index in [2.05, 4.69) is 32.2 Å². The van der Waals surface area contributed by atoms with Crippen LogP contribution in [0.2, 0.25) is 0 Å². The van der Waals surface area contributed by atoms with Crippen LogP contribution in [0.4, 0.5) is 0 Å². The maximum absolute atomic E-state index is 13.2. The summed E-state index contributed by atoms with van der Waals surface area (Å²) in [7, 11) is 1.89. The van der Waals surface area contributed by atoms with Gasteiger partial charge in [0.25, 0.3) is 5.91 Å². The van der Waals surface area contributed by atoms with Crippen molar-refractivity contribution < 1.29 is 4.79 Å². The number of aromatic nitrogens is 5. The van der Waals surface area contributed by atoms with E-state index < -0.39 is 0 Å². The molecule has 2 aliphatic rings. The molecule has 0 radical (unpaired) electrons. The quantitative estimate of drug-likeness (QED) is 0.683. The van der Waals surface area contributed by atoms with Gasteiger partial charge in [0.05, 0.1) is 29.2 Å². The Morgan fingerprint density at radius 2 is 2.11 bits per heavy atom. The molecule has 1 aliphatic heterocycles. The number of fused-ring (bicyclic) bond motifs is 2. The third kappa shape index (κ3) is 2.70. The fraction of sp³-hybridized carbons (Fsp3) is 0.474. The van der Waals surface area contributed by atoms with Gasteiger partial charge >= 0.3 is 0 Å². The van der Waals surface area contributed by atoms with E-state index in [4.69, 9.17) is 0 Å². The van der Waals surface area contributed by atoms with Gasteiger partial charge in [0, 0.05) is 19.8 Å². The molecule has 7 nitrogen and oxygen atoms in total. The summed E-state index contributed by atoms with van der Waals surface area (Å²) in [6.45, 7) is 3.29. The van der Waals surface area contributed by atoms with Crippen molar-refractivity contribution in [2.75, 3.05) is 6.54 Å². The van der Waals surface area contributed by atoms with E-state index in [1.165, 1.54) is 24.0 Å². The second-order valence-corrected chi connectivity index (χ2v) is 8.40. The smallest absolute Gasteiger partial charge is 0.264 e. The molecule has 0 saturated carbocycles. The number of amides is 1. The second kappa shape index (κ2) is 6.30. The Balaban J connectivity index is 1.44. The zero-order valence-electron chi connectivity index (χ0n) is 15.6. The molecule has 4 heterocycles. The topological polar surface area (TPSA) is 68.8 Å². The predicted octanol–water partition coefficient (Wildman–Crippen LogP) is 2.84. The minimum Gasteiger partial charge on any atom is -0.328 e.